The second-order valence-corrected chi connectivity index (χ2v) is 6.97. The molecule has 2 aliphatic rings. The minimum atomic E-state index is -0.633. The van der Waals surface area contributed by atoms with Crippen molar-refractivity contribution in [2.75, 3.05) is 4.90 Å². The summed E-state index contributed by atoms with van der Waals surface area (Å²) in [6.07, 6.45) is 3.00. The molecule has 2 atom stereocenters. The van der Waals surface area contributed by atoms with E-state index in [9.17, 15) is 24.0 Å². The van der Waals surface area contributed by atoms with E-state index in [0.29, 0.717) is 17.2 Å². The van der Waals surface area contributed by atoms with Crippen LogP contribution in [-0.2, 0) is 28.8 Å². The smallest absolute Gasteiger partial charge is 0.330 e. The number of amides is 4. The van der Waals surface area contributed by atoms with Crippen LogP contribution in [0.25, 0.3) is 0 Å². The highest BCUT2D eigenvalue weighted by atomic mass is 16.7. The fourth-order valence-electron chi connectivity index (χ4n) is 3.21. The van der Waals surface area contributed by atoms with Gasteiger partial charge >= 0.3 is 5.97 Å². The van der Waals surface area contributed by atoms with Crippen molar-refractivity contribution in [3.8, 4) is 0 Å². The highest BCUT2D eigenvalue weighted by Crippen LogP contribution is 2.27. The summed E-state index contributed by atoms with van der Waals surface area (Å²) < 4.78 is 0. The molecule has 0 radical (unpaired) electrons. The van der Waals surface area contributed by atoms with Gasteiger partial charge in [0.25, 0.3) is 23.6 Å². The van der Waals surface area contributed by atoms with E-state index in [4.69, 9.17) is 4.84 Å². The van der Waals surface area contributed by atoms with Gasteiger partial charge in [-0.3, -0.25) is 19.2 Å². The molecule has 8 nitrogen and oxygen atoms in total. The molecule has 1 aromatic rings. The number of rotatable bonds is 6. The first-order valence-corrected chi connectivity index (χ1v) is 9.01. The van der Waals surface area contributed by atoms with Gasteiger partial charge in [0.2, 0.25) is 0 Å². The lowest BCUT2D eigenvalue weighted by atomic mass is 9.91. The Morgan fingerprint density at radius 2 is 1.50 bits per heavy atom. The van der Waals surface area contributed by atoms with Crippen LogP contribution in [0.15, 0.2) is 36.4 Å². The molecule has 28 heavy (non-hydrogen) atoms. The molecular formula is C20H20N2O6. The summed E-state index contributed by atoms with van der Waals surface area (Å²) in [5, 5.41) is 0.552. The van der Waals surface area contributed by atoms with Crippen LogP contribution in [0.1, 0.15) is 44.6 Å². The first-order chi connectivity index (χ1) is 13.3. The third-order valence-electron chi connectivity index (χ3n) is 4.83. The molecule has 1 fully saturated rings. The van der Waals surface area contributed by atoms with E-state index < -0.39 is 23.7 Å². The average molecular weight is 384 g/mol. The molecule has 0 aromatic heterocycles. The van der Waals surface area contributed by atoms with Gasteiger partial charge in [0, 0.05) is 25.0 Å². The Bertz CT molecular complexity index is 839. The predicted molar refractivity (Wildman–Crippen MR) is 97.5 cm³/mol. The lowest BCUT2D eigenvalue weighted by Crippen LogP contribution is -2.34. The molecule has 2 aliphatic heterocycles. The maximum atomic E-state index is 12.2. The van der Waals surface area contributed by atoms with Gasteiger partial charge in [-0.1, -0.05) is 26.0 Å². The number of hydrogen-bond donors (Lipinski definition) is 0. The topological polar surface area (TPSA) is 101 Å². The van der Waals surface area contributed by atoms with Gasteiger partial charge < -0.3 is 4.84 Å². The molecule has 1 saturated heterocycles. The van der Waals surface area contributed by atoms with Gasteiger partial charge in [-0.2, -0.15) is 0 Å². The second kappa shape index (κ2) is 7.75. The van der Waals surface area contributed by atoms with E-state index in [1.807, 2.05) is 6.92 Å². The SMILES string of the molecule is CC(CC(C)c1ccc(N2C(=O)C=CC2=O)cc1)C(=O)ON1C(=O)CCC1=O. The molecule has 2 unspecified atom stereocenters. The molecule has 0 saturated carbocycles. The van der Waals surface area contributed by atoms with Crippen molar-refractivity contribution in [1.29, 1.82) is 0 Å². The third kappa shape index (κ3) is 3.85. The van der Waals surface area contributed by atoms with Crippen molar-refractivity contribution in [2.24, 2.45) is 5.92 Å². The molecule has 4 amide bonds. The summed E-state index contributed by atoms with van der Waals surface area (Å²) in [7, 11) is 0. The fourth-order valence-corrected chi connectivity index (χ4v) is 3.21. The Morgan fingerprint density at radius 1 is 0.964 bits per heavy atom. The zero-order chi connectivity index (χ0) is 20.4. The Balaban J connectivity index is 1.59. The molecule has 2 heterocycles. The highest BCUT2D eigenvalue weighted by Gasteiger charge is 2.34. The lowest BCUT2D eigenvalue weighted by molar-refractivity contribution is -0.200. The molecule has 1 aromatic carbocycles. The average Bonchev–Trinajstić information content (AvgIpc) is 3.17. The number of hydrogen-bond acceptors (Lipinski definition) is 6. The maximum absolute atomic E-state index is 12.2. The molecule has 0 bridgehead atoms. The zero-order valence-electron chi connectivity index (χ0n) is 15.6. The Kier molecular flexibility index (Phi) is 5.39. The summed E-state index contributed by atoms with van der Waals surface area (Å²) in [5.41, 5.74) is 1.40. The predicted octanol–water partition coefficient (Wildman–Crippen LogP) is 1.85. The van der Waals surface area contributed by atoms with Crippen LogP contribution in [0, 0.1) is 5.92 Å². The standard InChI is InChI=1S/C20H20N2O6/c1-12(11-13(2)20(27)28-22-18(25)9-10-19(22)26)14-3-5-15(6-4-14)21-16(23)7-8-17(21)24/h3-8,12-13H,9-11H2,1-2H3. The number of carbonyl (C=O) groups is 5. The van der Waals surface area contributed by atoms with Crippen LogP contribution in [0.3, 0.4) is 0 Å². The minimum Gasteiger partial charge on any atom is -0.330 e. The summed E-state index contributed by atoms with van der Waals surface area (Å²) in [6, 6.07) is 6.95. The van der Waals surface area contributed by atoms with Gasteiger partial charge in [0.1, 0.15) is 0 Å². The molecule has 146 valence electrons. The van der Waals surface area contributed by atoms with Crippen molar-refractivity contribution in [3.63, 3.8) is 0 Å². The Morgan fingerprint density at radius 3 is 2.04 bits per heavy atom. The number of benzene rings is 1. The summed E-state index contributed by atoms with van der Waals surface area (Å²) >= 11 is 0. The molecular weight excluding hydrogens is 364 g/mol. The van der Waals surface area contributed by atoms with Crippen molar-refractivity contribution >= 4 is 35.3 Å². The Hall–Kier alpha value is -3.29. The van der Waals surface area contributed by atoms with Gasteiger partial charge in [0.05, 0.1) is 11.6 Å². The van der Waals surface area contributed by atoms with Crippen LogP contribution >= 0.6 is 0 Å². The quantitative estimate of drug-likeness (QED) is 0.694. The largest absolute Gasteiger partial charge is 0.335 e. The lowest BCUT2D eigenvalue weighted by Gasteiger charge is -2.20. The first kappa shape index (κ1) is 19.5. The molecule has 3 rings (SSSR count). The van der Waals surface area contributed by atoms with E-state index in [1.54, 1.807) is 31.2 Å². The van der Waals surface area contributed by atoms with Crippen LogP contribution in [0.2, 0.25) is 0 Å². The zero-order valence-corrected chi connectivity index (χ0v) is 15.6. The van der Waals surface area contributed by atoms with Crippen LogP contribution in [0.5, 0.6) is 0 Å². The van der Waals surface area contributed by atoms with Crippen LogP contribution in [-0.4, -0.2) is 34.7 Å². The monoisotopic (exact) mass is 384 g/mol. The minimum absolute atomic E-state index is 0.0234. The van der Waals surface area contributed by atoms with Crippen LogP contribution in [0.4, 0.5) is 5.69 Å². The first-order valence-electron chi connectivity index (χ1n) is 9.01. The van der Waals surface area contributed by atoms with Crippen LogP contribution < -0.4 is 4.90 Å². The van der Waals surface area contributed by atoms with Crippen molar-refractivity contribution in [1.82, 2.24) is 5.06 Å². The summed E-state index contributed by atoms with van der Waals surface area (Å²) in [4.78, 5) is 64.8. The van der Waals surface area contributed by atoms with Crippen molar-refractivity contribution in [3.05, 3.63) is 42.0 Å². The number of hydroxylamine groups is 2. The third-order valence-corrected chi connectivity index (χ3v) is 4.83. The summed E-state index contributed by atoms with van der Waals surface area (Å²) in [5.74, 6) is -2.95. The van der Waals surface area contributed by atoms with E-state index in [2.05, 4.69) is 0 Å². The second-order valence-electron chi connectivity index (χ2n) is 6.97. The highest BCUT2D eigenvalue weighted by molar-refractivity contribution is 6.28. The Labute approximate surface area is 161 Å². The normalized spacial score (nSPS) is 18.8. The number of nitrogens with zero attached hydrogens (tertiary/aromatic N) is 2. The molecule has 0 spiro atoms. The van der Waals surface area contributed by atoms with Gasteiger partial charge in [-0.15, -0.1) is 5.06 Å². The molecule has 8 heteroatoms. The number of imide groups is 2. The van der Waals surface area contributed by atoms with E-state index in [-0.39, 0.29) is 30.6 Å². The number of anilines is 1. The van der Waals surface area contributed by atoms with E-state index in [0.717, 1.165) is 10.5 Å². The molecule has 0 aliphatic carbocycles. The van der Waals surface area contributed by atoms with Gasteiger partial charge in [0.15, 0.2) is 0 Å². The molecule has 0 N–H and O–H groups in total. The van der Waals surface area contributed by atoms with E-state index in [1.165, 1.54) is 12.2 Å². The van der Waals surface area contributed by atoms with Crippen molar-refractivity contribution in [2.45, 2.75) is 39.0 Å². The fraction of sp³-hybridized carbons (Fsp3) is 0.350. The van der Waals surface area contributed by atoms with Gasteiger partial charge in [-0.25, -0.2) is 9.69 Å². The maximum Gasteiger partial charge on any atom is 0.335 e. The van der Waals surface area contributed by atoms with Gasteiger partial charge in [-0.05, 0) is 30.0 Å². The van der Waals surface area contributed by atoms with Crippen molar-refractivity contribution < 1.29 is 28.8 Å². The number of carbonyl (C=O) groups excluding carboxylic acids is 5. The summed E-state index contributed by atoms with van der Waals surface area (Å²) in [6.45, 7) is 3.60. The van der Waals surface area contributed by atoms with E-state index >= 15 is 0 Å².